The van der Waals surface area contributed by atoms with Crippen molar-refractivity contribution in [3.8, 4) is 11.3 Å². The number of pyridine rings is 2. The van der Waals surface area contributed by atoms with Crippen LogP contribution >= 0.6 is 0 Å². The molecule has 0 saturated carbocycles. The number of aliphatic hydroxyl groups is 1. The zero-order valence-corrected chi connectivity index (χ0v) is 24.2. The van der Waals surface area contributed by atoms with Gasteiger partial charge in [0.2, 0.25) is 0 Å². The number of aryl methyl sites for hydroxylation is 1. The number of nitrogens with zero attached hydrogens (tertiary/aromatic N) is 2. The molecule has 2 heterocycles. The molecule has 0 atom stereocenters. The van der Waals surface area contributed by atoms with Crippen molar-refractivity contribution >= 4 is 16.7 Å². The third-order valence-electron chi connectivity index (χ3n) is 5.23. The second kappa shape index (κ2) is 11.9. The SMILES string of the molecule is CC(C)(C)C(=O)/C=C(\O)C(C)(C)C.Cc1[c-]c(-c2cc3cccnc3cn2)cc(C(C)C)c1.[Ir]. The zero-order chi connectivity index (χ0) is 25.0. The molecule has 0 aliphatic heterocycles. The van der Waals surface area contributed by atoms with Crippen LogP contribution in [0.4, 0.5) is 0 Å². The molecule has 1 N–H and O–H groups in total. The molecule has 0 unspecified atom stereocenters. The summed E-state index contributed by atoms with van der Waals surface area (Å²) < 4.78 is 0. The Morgan fingerprint density at radius 3 is 2.24 bits per heavy atom. The normalized spacial score (nSPS) is 12.1. The van der Waals surface area contributed by atoms with Crippen molar-refractivity contribution in [2.75, 3.05) is 0 Å². The zero-order valence-electron chi connectivity index (χ0n) is 21.8. The quantitative estimate of drug-likeness (QED) is 0.182. The van der Waals surface area contributed by atoms with E-state index < -0.39 is 5.41 Å². The molecule has 5 heteroatoms. The fourth-order valence-corrected chi connectivity index (χ4v) is 2.89. The van der Waals surface area contributed by atoms with Crippen LogP contribution in [0.1, 0.15) is 72.4 Å². The molecule has 0 amide bonds. The first kappa shape index (κ1) is 29.7. The summed E-state index contributed by atoms with van der Waals surface area (Å²) >= 11 is 0. The van der Waals surface area contributed by atoms with Gasteiger partial charge in [-0.2, -0.15) is 0 Å². The molecule has 0 saturated heterocycles. The van der Waals surface area contributed by atoms with E-state index in [4.69, 9.17) is 0 Å². The molecule has 4 nitrogen and oxygen atoms in total. The third kappa shape index (κ3) is 8.45. The Bertz CT molecular complexity index is 1150. The van der Waals surface area contributed by atoms with Gasteiger partial charge in [0, 0.05) is 49.4 Å². The number of benzene rings is 1. The number of ketones is 1. The summed E-state index contributed by atoms with van der Waals surface area (Å²) in [5.74, 6) is 0.608. The van der Waals surface area contributed by atoms with Crippen LogP contribution in [0.5, 0.6) is 0 Å². The fraction of sp³-hybridized carbons (Fsp3) is 0.414. The van der Waals surface area contributed by atoms with E-state index in [0.29, 0.717) is 5.92 Å². The molecule has 3 rings (SSSR count). The summed E-state index contributed by atoms with van der Waals surface area (Å²) in [6, 6.07) is 13.9. The minimum absolute atomic E-state index is 0. The molecule has 34 heavy (non-hydrogen) atoms. The van der Waals surface area contributed by atoms with E-state index in [0.717, 1.165) is 27.7 Å². The minimum atomic E-state index is -0.417. The number of carbonyl (C=O) groups is 1. The van der Waals surface area contributed by atoms with Crippen molar-refractivity contribution in [3.63, 3.8) is 0 Å². The van der Waals surface area contributed by atoms with Crippen molar-refractivity contribution in [1.29, 1.82) is 0 Å². The van der Waals surface area contributed by atoms with E-state index in [1.165, 1.54) is 11.6 Å². The van der Waals surface area contributed by atoms with Crippen molar-refractivity contribution in [1.82, 2.24) is 9.97 Å². The molecule has 0 aliphatic rings. The Morgan fingerprint density at radius 2 is 1.68 bits per heavy atom. The summed E-state index contributed by atoms with van der Waals surface area (Å²) in [6.07, 6.45) is 4.95. The third-order valence-corrected chi connectivity index (χ3v) is 5.23. The van der Waals surface area contributed by atoms with Crippen molar-refractivity contribution < 1.29 is 30.0 Å². The van der Waals surface area contributed by atoms with E-state index >= 15 is 0 Å². The van der Waals surface area contributed by atoms with Gasteiger partial charge in [-0.1, -0.05) is 74.4 Å². The standard InChI is InChI=1S/C18H17N2.C11H20O2.Ir/c1-12(2)15-7-13(3)8-16(9-15)17-10-14-5-4-6-19-18(14)11-20-17;1-10(2,3)8(12)7-9(13)11(4,5)6;/h4-7,9-12H,1-3H3;7,12H,1-6H3;/q-1;;/b;8-7-;. The predicted octanol–water partition coefficient (Wildman–Crippen LogP) is 7.62. The number of aromatic nitrogens is 2. The second-order valence-corrected chi connectivity index (χ2v) is 10.8. The van der Waals surface area contributed by atoms with Crippen molar-refractivity contribution in [2.45, 2.75) is 68.2 Å². The molecule has 1 aromatic carbocycles. The summed E-state index contributed by atoms with van der Waals surface area (Å²) in [5.41, 5.74) is 4.65. The van der Waals surface area contributed by atoms with Crippen LogP contribution in [0.2, 0.25) is 0 Å². The van der Waals surface area contributed by atoms with E-state index in [1.807, 2.05) is 53.8 Å². The van der Waals surface area contributed by atoms with Crippen molar-refractivity contribution in [2.24, 2.45) is 10.8 Å². The first-order valence-electron chi connectivity index (χ1n) is 11.4. The van der Waals surface area contributed by atoms with Gasteiger partial charge in [-0.15, -0.1) is 34.9 Å². The van der Waals surface area contributed by atoms with E-state index in [1.54, 1.807) is 6.20 Å². The number of hydrogen-bond acceptors (Lipinski definition) is 4. The molecule has 0 spiro atoms. The maximum absolute atomic E-state index is 11.5. The Kier molecular flexibility index (Phi) is 10.3. The summed E-state index contributed by atoms with van der Waals surface area (Å²) in [7, 11) is 0. The maximum Gasteiger partial charge on any atom is 0.164 e. The van der Waals surface area contributed by atoms with Gasteiger partial charge < -0.3 is 10.1 Å². The Labute approximate surface area is 218 Å². The smallest absolute Gasteiger partial charge is 0.164 e. The summed E-state index contributed by atoms with van der Waals surface area (Å²) in [6.45, 7) is 17.6. The molecule has 0 aliphatic carbocycles. The van der Waals surface area contributed by atoms with Crippen LogP contribution in [0.3, 0.4) is 0 Å². The van der Waals surface area contributed by atoms with Gasteiger partial charge in [0.25, 0.3) is 0 Å². The molecular weight excluding hydrogens is 601 g/mol. The van der Waals surface area contributed by atoms with Gasteiger partial charge in [0.15, 0.2) is 5.78 Å². The van der Waals surface area contributed by atoms with Crippen LogP contribution in [0.25, 0.3) is 22.2 Å². The van der Waals surface area contributed by atoms with Crippen molar-refractivity contribution in [3.05, 3.63) is 71.8 Å². The Balaban J connectivity index is 0.000000364. The van der Waals surface area contributed by atoms with Crippen LogP contribution < -0.4 is 0 Å². The van der Waals surface area contributed by atoms with Gasteiger partial charge in [-0.3, -0.25) is 9.78 Å². The monoisotopic (exact) mass is 638 g/mol. The number of carbonyl (C=O) groups excluding carboxylic acids is 1. The topological polar surface area (TPSA) is 63.1 Å². The average Bonchev–Trinajstić information content (AvgIpc) is 2.72. The van der Waals surface area contributed by atoms with Gasteiger partial charge in [-0.25, -0.2) is 0 Å². The second-order valence-electron chi connectivity index (χ2n) is 10.8. The van der Waals surface area contributed by atoms with E-state index in [9.17, 15) is 9.90 Å². The Hall–Kier alpha value is -2.36. The summed E-state index contributed by atoms with van der Waals surface area (Å²) in [5, 5.41) is 10.7. The van der Waals surface area contributed by atoms with Crippen LogP contribution in [0.15, 0.2) is 54.6 Å². The van der Waals surface area contributed by atoms with Crippen LogP contribution in [-0.2, 0) is 24.9 Å². The summed E-state index contributed by atoms with van der Waals surface area (Å²) in [4.78, 5) is 20.3. The fourth-order valence-electron chi connectivity index (χ4n) is 2.89. The molecule has 0 fully saturated rings. The molecule has 0 bridgehead atoms. The first-order valence-corrected chi connectivity index (χ1v) is 11.4. The van der Waals surface area contributed by atoms with Crippen LogP contribution in [0, 0.1) is 23.8 Å². The molecule has 1 radical (unpaired) electrons. The Morgan fingerprint density at radius 1 is 1.03 bits per heavy atom. The number of allylic oxidation sites excluding steroid dienone is 2. The van der Waals surface area contributed by atoms with Gasteiger partial charge >= 0.3 is 0 Å². The van der Waals surface area contributed by atoms with E-state index in [2.05, 4.69) is 61.1 Å². The predicted molar refractivity (Wildman–Crippen MR) is 137 cm³/mol. The van der Waals surface area contributed by atoms with E-state index in [-0.39, 0.29) is 37.1 Å². The van der Waals surface area contributed by atoms with Gasteiger partial charge in [-0.05, 0) is 23.1 Å². The number of aliphatic hydroxyl groups excluding tert-OH is 1. The molecule has 3 aromatic rings. The number of hydrogen-bond donors (Lipinski definition) is 1. The van der Waals surface area contributed by atoms with Gasteiger partial charge in [0.05, 0.1) is 5.52 Å². The molecule has 185 valence electrons. The average molecular weight is 638 g/mol. The van der Waals surface area contributed by atoms with Crippen LogP contribution in [-0.4, -0.2) is 20.9 Å². The maximum atomic E-state index is 11.5. The molecule has 2 aromatic heterocycles. The number of rotatable bonds is 3. The largest absolute Gasteiger partial charge is 0.512 e. The number of fused-ring (bicyclic) bond motifs is 1. The first-order chi connectivity index (χ1) is 15.2. The minimum Gasteiger partial charge on any atom is -0.512 e. The van der Waals surface area contributed by atoms with Gasteiger partial charge in [0.1, 0.15) is 5.76 Å². The molecular formula is C29H37IrN2O2-.